The van der Waals surface area contributed by atoms with Crippen LogP contribution in [0.1, 0.15) is 16.8 Å². The molecule has 0 atom stereocenters. The van der Waals surface area contributed by atoms with Gasteiger partial charge in [-0.2, -0.15) is 0 Å². The smallest absolute Gasteiger partial charge is 0.255 e. The van der Waals surface area contributed by atoms with Gasteiger partial charge < -0.3 is 4.90 Å². The molecule has 0 aliphatic heterocycles. The largest absolute Gasteiger partial charge is 0.342 e. The second kappa shape index (κ2) is 6.62. The van der Waals surface area contributed by atoms with Gasteiger partial charge in [0.1, 0.15) is 0 Å². The summed E-state index contributed by atoms with van der Waals surface area (Å²) in [5.41, 5.74) is 0.535. The summed E-state index contributed by atoms with van der Waals surface area (Å²) < 4.78 is 0.856. The molecule has 0 spiro atoms. The van der Waals surface area contributed by atoms with E-state index in [0.717, 1.165) is 16.2 Å². The monoisotopic (exact) mass is 367 g/mol. The molecule has 1 amide bonds. The fraction of sp³-hybridized carbons (Fsp3) is 0.364. The van der Waals surface area contributed by atoms with Gasteiger partial charge in [0.25, 0.3) is 5.91 Å². The first-order valence-electron chi connectivity index (χ1n) is 4.82. The summed E-state index contributed by atoms with van der Waals surface area (Å²) >= 11 is 12.7. The van der Waals surface area contributed by atoms with Gasteiger partial charge in [0.15, 0.2) is 0 Å². The van der Waals surface area contributed by atoms with Crippen molar-refractivity contribution in [2.24, 2.45) is 0 Å². The highest BCUT2D eigenvalue weighted by Crippen LogP contribution is 2.22. The Morgan fingerprint density at radius 3 is 2.81 bits per heavy atom. The number of hydrogen-bond acceptors (Lipinski definition) is 1. The zero-order chi connectivity index (χ0) is 12.1. The minimum Gasteiger partial charge on any atom is -0.342 e. The van der Waals surface area contributed by atoms with Crippen LogP contribution in [-0.4, -0.2) is 29.7 Å². The maximum Gasteiger partial charge on any atom is 0.255 e. The summed E-state index contributed by atoms with van der Waals surface area (Å²) in [6, 6.07) is 5.28. The van der Waals surface area contributed by atoms with E-state index in [1.165, 1.54) is 0 Å². The number of carbonyl (C=O) groups excluding carboxylic acids is 1. The molecule has 88 valence electrons. The summed E-state index contributed by atoms with van der Waals surface area (Å²) in [6.45, 7) is 0.715. The number of rotatable bonds is 4. The molecule has 2 nitrogen and oxygen atoms in total. The van der Waals surface area contributed by atoms with Crippen LogP contribution in [0.5, 0.6) is 0 Å². The van der Waals surface area contributed by atoms with Crippen molar-refractivity contribution in [3.05, 3.63) is 33.3 Å². The predicted octanol–water partition coefficient (Wildman–Crippen LogP) is 3.96. The van der Waals surface area contributed by atoms with Crippen LogP contribution in [0.2, 0.25) is 5.02 Å². The van der Waals surface area contributed by atoms with Gasteiger partial charge in [0.05, 0.1) is 10.6 Å². The Kier molecular flexibility index (Phi) is 5.79. The fourth-order valence-corrected chi connectivity index (χ4v) is 2.08. The predicted molar refractivity (Wildman–Crippen MR) is 74.5 cm³/mol. The molecule has 0 unspecified atom stereocenters. The Hall–Kier alpha value is -0.0600. The Labute approximate surface area is 117 Å². The van der Waals surface area contributed by atoms with E-state index >= 15 is 0 Å². The summed E-state index contributed by atoms with van der Waals surface area (Å²) in [6.07, 6.45) is 0.924. The molecule has 0 saturated heterocycles. The van der Waals surface area contributed by atoms with Gasteiger partial charge >= 0.3 is 0 Å². The summed E-state index contributed by atoms with van der Waals surface area (Å²) in [5.74, 6) is -0.0488. The van der Waals surface area contributed by atoms with E-state index in [1.807, 2.05) is 6.07 Å². The number of carbonyl (C=O) groups is 1. The SMILES string of the molecule is CN(CCCBr)C(=O)c1cc(Br)ccc1Cl. The summed E-state index contributed by atoms with van der Waals surface area (Å²) in [4.78, 5) is 13.7. The second-order valence-corrected chi connectivity index (χ2v) is 5.51. The zero-order valence-corrected chi connectivity index (χ0v) is 12.8. The van der Waals surface area contributed by atoms with Crippen LogP contribution in [-0.2, 0) is 0 Å². The van der Waals surface area contributed by atoms with Gasteiger partial charge in [-0.25, -0.2) is 0 Å². The lowest BCUT2D eigenvalue weighted by atomic mass is 10.2. The van der Waals surface area contributed by atoms with Crippen molar-refractivity contribution in [2.75, 3.05) is 18.9 Å². The summed E-state index contributed by atoms with van der Waals surface area (Å²) in [7, 11) is 1.78. The molecule has 0 aliphatic carbocycles. The third kappa shape index (κ3) is 3.75. The highest BCUT2D eigenvalue weighted by atomic mass is 79.9. The first-order valence-corrected chi connectivity index (χ1v) is 7.12. The normalized spacial score (nSPS) is 10.2. The Bertz CT molecular complexity index is 384. The van der Waals surface area contributed by atoms with Crippen molar-refractivity contribution in [3.8, 4) is 0 Å². The first kappa shape index (κ1) is 14.0. The van der Waals surface area contributed by atoms with Crippen LogP contribution in [0.4, 0.5) is 0 Å². The van der Waals surface area contributed by atoms with Crippen LogP contribution < -0.4 is 0 Å². The Morgan fingerprint density at radius 2 is 2.19 bits per heavy atom. The molecule has 16 heavy (non-hydrogen) atoms. The highest BCUT2D eigenvalue weighted by molar-refractivity contribution is 9.10. The van der Waals surface area contributed by atoms with Gasteiger partial charge in [0.2, 0.25) is 0 Å². The molecule has 0 fully saturated rings. The van der Waals surface area contributed by atoms with Crippen LogP contribution in [0.25, 0.3) is 0 Å². The minimum absolute atomic E-state index is 0.0488. The number of nitrogens with zero attached hydrogens (tertiary/aromatic N) is 1. The van der Waals surface area contributed by atoms with E-state index < -0.39 is 0 Å². The van der Waals surface area contributed by atoms with Crippen LogP contribution >= 0.6 is 43.5 Å². The molecule has 0 radical (unpaired) electrons. The molecule has 0 heterocycles. The molecule has 1 rings (SSSR count). The van der Waals surface area contributed by atoms with Gasteiger partial charge in [-0.1, -0.05) is 43.5 Å². The maximum absolute atomic E-state index is 12.0. The number of alkyl halides is 1. The third-order valence-electron chi connectivity index (χ3n) is 2.13. The quantitative estimate of drug-likeness (QED) is 0.736. The molecule has 0 N–H and O–H groups in total. The number of hydrogen-bond donors (Lipinski definition) is 0. The van der Waals surface area contributed by atoms with E-state index in [2.05, 4.69) is 31.9 Å². The van der Waals surface area contributed by atoms with Crippen molar-refractivity contribution in [2.45, 2.75) is 6.42 Å². The molecule has 0 aliphatic rings. The molecule has 0 aromatic heterocycles. The van der Waals surface area contributed by atoms with Gasteiger partial charge in [-0.15, -0.1) is 0 Å². The molecular formula is C11H12Br2ClNO. The van der Waals surface area contributed by atoms with E-state index in [-0.39, 0.29) is 5.91 Å². The van der Waals surface area contributed by atoms with Crippen molar-refractivity contribution in [1.29, 1.82) is 0 Å². The third-order valence-corrected chi connectivity index (χ3v) is 3.52. The molecule has 5 heteroatoms. The molecule has 1 aromatic rings. The first-order chi connectivity index (χ1) is 7.56. The van der Waals surface area contributed by atoms with Crippen molar-refractivity contribution in [1.82, 2.24) is 4.90 Å². The molecule has 0 saturated carbocycles. The number of amides is 1. The lowest BCUT2D eigenvalue weighted by Crippen LogP contribution is -2.28. The number of benzene rings is 1. The molecular weight excluding hydrogens is 357 g/mol. The average Bonchev–Trinajstić information content (AvgIpc) is 2.28. The summed E-state index contributed by atoms with van der Waals surface area (Å²) in [5, 5.41) is 1.37. The van der Waals surface area contributed by atoms with Gasteiger partial charge in [-0.05, 0) is 24.6 Å². The van der Waals surface area contributed by atoms with E-state index in [4.69, 9.17) is 11.6 Å². The van der Waals surface area contributed by atoms with Crippen molar-refractivity contribution >= 4 is 49.4 Å². The van der Waals surface area contributed by atoms with Gasteiger partial charge in [0, 0.05) is 23.4 Å². The lowest BCUT2D eigenvalue weighted by molar-refractivity contribution is 0.0796. The fourth-order valence-electron chi connectivity index (χ4n) is 1.27. The maximum atomic E-state index is 12.0. The van der Waals surface area contributed by atoms with Crippen LogP contribution in [0.15, 0.2) is 22.7 Å². The van der Waals surface area contributed by atoms with E-state index in [0.29, 0.717) is 17.1 Å². The molecule has 1 aromatic carbocycles. The Balaban J connectivity index is 2.83. The number of halogens is 3. The topological polar surface area (TPSA) is 20.3 Å². The lowest BCUT2D eigenvalue weighted by Gasteiger charge is -2.17. The van der Waals surface area contributed by atoms with E-state index in [9.17, 15) is 4.79 Å². The van der Waals surface area contributed by atoms with Gasteiger partial charge in [-0.3, -0.25) is 4.79 Å². The van der Waals surface area contributed by atoms with E-state index in [1.54, 1.807) is 24.1 Å². The van der Waals surface area contributed by atoms with Crippen LogP contribution in [0.3, 0.4) is 0 Å². The highest BCUT2D eigenvalue weighted by Gasteiger charge is 2.14. The molecule has 0 bridgehead atoms. The van der Waals surface area contributed by atoms with Crippen molar-refractivity contribution < 1.29 is 4.79 Å². The zero-order valence-electron chi connectivity index (χ0n) is 8.84. The minimum atomic E-state index is -0.0488. The second-order valence-electron chi connectivity index (χ2n) is 3.39. The average molecular weight is 369 g/mol. The Morgan fingerprint density at radius 1 is 1.50 bits per heavy atom. The van der Waals surface area contributed by atoms with Crippen LogP contribution in [0, 0.1) is 0 Å². The standard InChI is InChI=1S/C11H12Br2ClNO/c1-15(6-2-5-12)11(16)9-7-8(13)3-4-10(9)14/h3-4,7H,2,5-6H2,1H3. The van der Waals surface area contributed by atoms with Crippen molar-refractivity contribution in [3.63, 3.8) is 0 Å².